The number of fused-ring (bicyclic) bond motifs is 1. The van der Waals surface area contributed by atoms with Crippen LogP contribution in [0.3, 0.4) is 0 Å². The Labute approximate surface area is 64.4 Å². The normalized spacial score (nSPS) is 15.9. The Bertz CT molecular complexity index is 231. The van der Waals surface area contributed by atoms with Crippen molar-refractivity contribution in [3.63, 3.8) is 0 Å². The highest BCUT2D eigenvalue weighted by Gasteiger charge is 2.17. The number of rotatable bonds is 1. The summed E-state index contributed by atoms with van der Waals surface area (Å²) in [7, 11) is 1.97. The number of hydrogen-bond donors (Lipinski definition) is 1. The third-order valence-corrected chi connectivity index (χ3v) is 2.66. The predicted octanol–water partition coefficient (Wildman–Crippen LogP) is 1.24. The van der Waals surface area contributed by atoms with Crippen LogP contribution in [-0.4, -0.2) is 13.6 Å². The Kier molecular flexibility index (Phi) is 1.39. The van der Waals surface area contributed by atoms with Gasteiger partial charge in [-0.3, -0.25) is 0 Å². The fraction of sp³-hybridized carbons (Fsp3) is 0.429. The van der Waals surface area contributed by atoms with Crippen molar-refractivity contribution in [2.45, 2.75) is 6.42 Å². The lowest BCUT2D eigenvalue weighted by atomic mass is 10.3. The van der Waals surface area contributed by atoms with Crippen molar-refractivity contribution < 1.29 is 0 Å². The molecular weight excluding hydrogens is 144 g/mol. The number of anilines is 1. The van der Waals surface area contributed by atoms with Gasteiger partial charge >= 0.3 is 0 Å². The number of nitrogens with zero attached hydrogens (tertiary/aromatic N) is 1. The summed E-state index contributed by atoms with van der Waals surface area (Å²) in [6, 6.07) is 0. The molecule has 0 radical (unpaired) electrons. The molecule has 1 aliphatic heterocycles. The summed E-state index contributed by atoms with van der Waals surface area (Å²) >= 11 is 1.78. The first-order chi connectivity index (χ1) is 4.92. The molecule has 10 heavy (non-hydrogen) atoms. The van der Waals surface area contributed by atoms with E-state index < -0.39 is 0 Å². The Hall–Kier alpha value is -0.540. The molecule has 0 unspecified atom stereocenters. The molecule has 0 atom stereocenters. The summed E-state index contributed by atoms with van der Waals surface area (Å²) in [6.45, 7) is 1.12. The maximum atomic E-state index is 3.15. The molecule has 0 aromatic carbocycles. The van der Waals surface area contributed by atoms with E-state index in [9.17, 15) is 0 Å². The fourth-order valence-electron chi connectivity index (χ4n) is 1.33. The summed E-state index contributed by atoms with van der Waals surface area (Å²) in [4.78, 5) is 0. The number of thiophene rings is 1. The Morgan fingerprint density at radius 3 is 3.30 bits per heavy atom. The van der Waals surface area contributed by atoms with E-state index in [-0.39, 0.29) is 0 Å². The van der Waals surface area contributed by atoms with Crippen LogP contribution in [0.25, 0.3) is 0 Å². The Morgan fingerprint density at radius 1 is 1.60 bits per heavy atom. The minimum Gasteiger partial charge on any atom is -0.307 e. The van der Waals surface area contributed by atoms with Crippen LogP contribution in [0, 0.1) is 0 Å². The topological polar surface area (TPSA) is 15.3 Å². The highest BCUT2D eigenvalue weighted by Crippen LogP contribution is 2.29. The molecule has 0 aliphatic carbocycles. The molecular formula is C7H10N2S. The molecule has 1 aromatic rings. The van der Waals surface area contributed by atoms with Gasteiger partial charge in [0.05, 0.1) is 5.69 Å². The molecule has 54 valence electrons. The second-order valence-electron chi connectivity index (χ2n) is 2.41. The molecule has 2 nitrogen and oxygen atoms in total. The van der Waals surface area contributed by atoms with Crippen LogP contribution in [0.5, 0.6) is 0 Å². The maximum Gasteiger partial charge on any atom is 0.0659 e. The molecule has 1 N–H and O–H groups in total. The van der Waals surface area contributed by atoms with Crippen molar-refractivity contribution in [3.8, 4) is 0 Å². The first-order valence-corrected chi connectivity index (χ1v) is 4.36. The molecule has 0 fully saturated rings. The molecule has 3 heteroatoms. The average molecular weight is 154 g/mol. The van der Waals surface area contributed by atoms with Crippen molar-refractivity contribution in [1.82, 2.24) is 5.43 Å². The number of hydrazine groups is 1. The molecule has 2 rings (SSSR count). The second kappa shape index (κ2) is 2.25. The van der Waals surface area contributed by atoms with Gasteiger partial charge in [-0.25, -0.2) is 5.43 Å². The first kappa shape index (κ1) is 6.19. The zero-order valence-electron chi connectivity index (χ0n) is 5.92. The van der Waals surface area contributed by atoms with Gasteiger partial charge in [-0.2, -0.15) is 0 Å². The molecule has 2 heterocycles. The van der Waals surface area contributed by atoms with Crippen LogP contribution in [0.4, 0.5) is 5.69 Å². The summed E-state index contributed by atoms with van der Waals surface area (Å²) in [5.74, 6) is 0. The Balaban J connectivity index is 2.34. The number of nitrogens with one attached hydrogen (secondary N) is 1. The van der Waals surface area contributed by atoms with E-state index in [2.05, 4.69) is 21.2 Å². The van der Waals surface area contributed by atoms with E-state index in [1.54, 1.807) is 11.3 Å². The molecule has 0 spiro atoms. The fourth-order valence-corrected chi connectivity index (χ4v) is 2.20. The first-order valence-electron chi connectivity index (χ1n) is 3.42. The largest absolute Gasteiger partial charge is 0.307 e. The van der Waals surface area contributed by atoms with E-state index >= 15 is 0 Å². The standard InChI is InChI=1S/C7H10N2S/c1-8-9-3-2-6-4-10-5-7(6)9/h4-5,8H,2-3H2,1H3. The molecule has 0 saturated heterocycles. The Morgan fingerprint density at radius 2 is 2.50 bits per heavy atom. The zero-order valence-corrected chi connectivity index (χ0v) is 6.74. The monoisotopic (exact) mass is 154 g/mol. The van der Waals surface area contributed by atoms with Crippen LogP contribution in [0.15, 0.2) is 10.8 Å². The molecule has 0 saturated carbocycles. The van der Waals surface area contributed by atoms with Gasteiger partial charge in [0.1, 0.15) is 0 Å². The van der Waals surface area contributed by atoms with Crippen molar-refractivity contribution in [3.05, 3.63) is 16.3 Å². The van der Waals surface area contributed by atoms with Crippen LogP contribution >= 0.6 is 11.3 Å². The zero-order chi connectivity index (χ0) is 6.97. The molecule has 0 bridgehead atoms. The van der Waals surface area contributed by atoms with Crippen molar-refractivity contribution in [2.24, 2.45) is 0 Å². The van der Waals surface area contributed by atoms with E-state index in [0.717, 1.165) is 6.54 Å². The number of hydrogen-bond acceptors (Lipinski definition) is 3. The highest BCUT2D eigenvalue weighted by molar-refractivity contribution is 7.08. The predicted molar refractivity (Wildman–Crippen MR) is 44.4 cm³/mol. The van der Waals surface area contributed by atoms with Gasteiger partial charge in [0, 0.05) is 19.0 Å². The summed E-state index contributed by atoms with van der Waals surface area (Å²) in [5, 5.41) is 6.61. The third kappa shape index (κ3) is 0.744. The van der Waals surface area contributed by atoms with Gasteiger partial charge in [0.25, 0.3) is 0 Å². The summed E-state index contributed by atoms with van der Waals surface area (Å²) < 4.78 is 0. The molecule has 1 aliphatic rings. The van der Waals surface area contributed by atoms with Gasteiger partial charge in [-0.15, -0.1) is 11.3 Å². The van der Waals surface area contributed by atoms with Gasteiger partial charge in [0.2, 0.25) is 0 Å². The third-order valence-electron chi connectivity index (χ3n) is 1.88. The molecule has 1 aromatic heterocycles. The van der Waals surface area contributed by atoms with E-state index in [4.69, 9.17) is 0 Å². The molecule has 0 amide bonds. The lowest BCUT2D eigenvalue weighted by molar-refractivity contribution is 0.734. The van der Waals surface area contributed by atoms with Crippen LogP contribution in [-0.2, 0) is 6.42 Å². The quantitative estimate of drug-likeness (QED) is 0.655. The second-order valence-corrected chi connectivity index (χ2v) is 3.15. The minimum atomic E-state index is 1.12. The van der Waals surface area contributed by atoms with Gasteiger partial charge < -0.3 is 5.01 Å². The van der Waals surface area contributed by atoms with Gasteiger partial charge in [-0.05, 0) is 17.4 Å². The minimum absolute atomic E-state index is 1.12. The SMILES string of the molecule is CNN1CCc2cscc21. The average Bonchev–Trinajstić information content (AvgIpc) is 2.44. The summed E-state index contributed by atoms with van der Waals surface area (Å²) in [6.07, 6.45) is 1.19. The van der Waals surface area contributed by atoms with Crippen molar-refractivity contribution >= 4 is 17.0 Å². The highest BCUT2D eigenvalue weighted by atomic mass is 32.1. The summed E-state index contributed by atoms with van der Waals surface area (Å²) in [5.41, 5.74) is 6.00. The smallest absolute Gasteiger partial charge is 0.0659 e. The van der Waals surface area contributed by atoms with Crippen LogP contribution in [0.2, 0.25) is 0 Å². The van der Waals surface area contributed by atoms with Crippen LogP contribution in [0.1, 0.15) is 5.56 Å². The maximum absolute atomic E-state index is 3.15. The van der Waals surface area contributed by atoms with Crippen molar-refractivity contribution in [1.29, 1.82) is 0 Å². The lowest BCUT2D eigenvalue weighted by Gasteiger charge is -2.15. The van der Waals surface area contributed by atoms with Gasteiger partial charge in [-0.1, -0.05) is 0 Å². The van der Waals surface area contributed by atoms with Gasteiger partial charge in [0.15, 0.2) is 0 Å². The van der Waals surface area contributed by atoms with E-state index in [1.165, 1.54) is 17.7 Å². The van der Waals surface area contributed by atoms with E-state index in [1.807, 2.05) is 7.05 Å². The lowest BCUT2D eigenvalue weighted by Crippen LogP contribution is -2.32. The van der Waals surface area contributed by atoms with Crippen LogP contribution < -0.4 is 10.4 Å². The van der Waals surface area contributed by atoms with Crippen molar-refractivity contribution in [2.75, 3.05) is 18.6 Å². The van der Waals surface area contributed by atoms with E-state index in [0.29, 0.717) is 0 Å².